The molecule has 0 spiro atoms. The van der Waals surface area contributed by atoms with Gasteiger partial charge in [-0.05, 0) is 44.2 Å². The zero-order valence-corrected chi connectivity index (χ0v) is 16.3. The fraction of sp³-hybridized carbons (Fsp3) is 0.444. The molecule has 6 heteroatoms. The second-order valence-corrected chi connectivity index (χ2v) is 5.63. The third-order valence-corrected chi connectivity index (χ3v) is 3.98. The van der Waals surface area contributed by atoms with Gasteiger partial charge < -0.3 is 10.6 Å². The minimum atomic E-state index is -0.376. The molecule has 130 valence electrons. The third-order valence-electron chi connectivity index (χ3n) is 3.98. The number of nitriles is 1. The quantitative estimate of drug-likeness (QED) is 0.315. The van der Waals surface area contributed by atoms with E-state index in [-0.39, 0.29) is 29.8 Å². The Balaban J connectivity index is 0.00000288. The summed E-state index contributed by atoms with van der Waals surface area (Å²) in [5, 5.41) is 15.1. The second kappa shape index (κ2) is 11.0. The Morgan fingerprint density at radius 2 is 2.17 bits per heavy atom. The van der Waals surface area contributed by atoms with Crippen molar-refractivity contribution in [3.8, 4) is 6.07 Å². The van der Waals surface area contributed by atoms with Gasteiger partial charge in [-0.25, -0.2) is 4.39 Å². The fourth-order valence-electron chi connectivity index (χ4n) is 2.63. The average Bonchev–Trinajstić information content (AvgIpc) is 2.59. The van der Waals surface area contributed by atoms with Gasteiger partial charge in [0.2, 0.25) is 0 Å². The number of aliphatic imine (C=N–C) groups is 1. The number of hydrogen-bond acceptors (Lipinski definition) is 2. The average molecular weight is 442 g/mol. The van der Waals surface area contributed by atoms with Gasteiger partial charge in [-0.15, -0.1) is 24.0 Å². The molecule has 0 radical (unpaired) electrons. The summed E-state index contributed by atoms with van der Waals surface area (Å²) in [5.74, 6) is 0.282. The van der Waals surface area contributed by atoms with Crippen LogP contribution in [0.3, 0.4) is 0 Å². The summed E-state index contributed by atoms with van der Waals surface area (Å²) in [5.41, 5.74) is 2.36. The van der Waals surface area contributed by atoms with E-state index in [1.807, 2.05) is 6.07 Å². The van der Waals surface area contributed by atoms with Gasteiger partial charge in [0.15, 0.2) is 5.96 Å². The SMILES string of the molecule is CN=C(NCCC1=CCCCC1)NCc1ccc(C#N)cc1F.I. The maximum absolute atomic E-state index is 13.8. The maximum Gasteiger partial charge on any atom is 0.191 e. The van der Waals surface area contributed by atoms with E-state index >= 15 is 0 Å². The molecule has 0 heterocycles. The van der Waals surface area contributed by atoms with Gasteiger partial charge in [0.1, 0.15) is 5.82 Å². The van der Waals surface area contributed by atoms with Gasteiger partial charge in [-0.3, -0.25) is 4.99 Å². The molecule has 4 nitrogen and oxygen atoms in total. The van der Waals surface area contributed by atoms with Crippen molar-refractivity contribution < 1.29 is 4.39 Å². The van der Waals surface area contributed by atoms with E-state index in [1.165, 1.54) is 37.3 Å². The predicted octanol–water partition coefficient (Wildman–Crippen LogP) is 3.87. The van der Waals surface area contributed by atoms with Crippen LogP contribution in [0.5, 0.6) is 0 Å². The number of benzene rings is 1. The predicted molar refractivity (Wildman–Crippen MR) is 106 cm³/mol. The minimum Gasteiger partial charge on any atom is -0.356 e. The normalized spacial score (nSPS) is 14.2. The molecule has 1 aromatic carbocycles. The fourth-order valence-corrected chi connectivity index (χ4v) is 2.63. The Hall–Kier alpha value is -1.62. The van der Waals surface area contributed by atoms with Crippen LogP contribution in [0.15, 0.2) is 34.8 Å². The van der Waals surface area contributed by atoms with E-state index in [1.54, 1.807) is 19.2 Å². The number of guanidine groups is 1. The topological polar surface area (TPSA) is 60.2 Å². The van der Waals surface area contributed by atoms with Crippen LogP contribution in [0.1, 0.15) is 43.2 Å². The van der Waals surface area contributed by atoms with E-state index in [4.69, 9.17) is 5.26 Å². The van der Waals surface area contributed by atoms with Crippen LogP contribution in [0.4, 0.5) is 4.39 Å². The summed E-state index contributed by atoms with van der Waals surface area (Å²) in [6, 6.07) is 6.42. The van der Waals surface area contributed by atoms with Gasteiger partial charge in [0.25, 0.3) is 0 Å². The highest BCUT2D eigenvalue weighted by Gasteiger charge is 2.06. The molecule has 2 rings (SSSR count). The van der Waals surface area contributed by atoms with Crippen LogP contribution in [-0.2, 0) is 6.54 Å². The number of allylic oxidation sites excluding steroid dienone is 1. The summed E-state index contributed by atoms with van der Waals surface area (Å²) < 4.78 is 13.8. The van der Waals surface area contributed by atoms with E-state index < -0.39 is 0 Å². The van der Waals surface area contributed by atoms with Crippen molar-refractivity contribution in [3.63, 3.8) is 0 Å². The lowest BCUT2D eigenvalue weighted by molar-refractivity contribution is 0.604. The largest absolute Gasteiger partial charge is 0.356 e. The van der Waals surface area contributed by atoms with Gasteiger partial charge >= 0.3 is 0 Å². The summed E-state index contributed by atoms with van der Waals surface area (Å²) in [6.07, 6.45) is 8.34. The molecule has 2 N–H and O–H groups in total. The summed E-state index contributed by atoms with van der Waals surface area (Å²) >= 11 is 0. The van der Waals surface area contributed by atoms with E-state index in [0.29, 0.717) is 23.6 Å². The van der Waals surface area contributed by atoms with Crippen molar-refractivity contribution in [3.05, 3.63) is 46.8 Å². The van der Waals surface area contributed by atoms with Crippen LogP contribution < -0.4 is 10.6 Å². The van der Waals surface area contributed by atoms with Crippen LogP contribution in [0.25, 0.3) is 0 Å². The lowest BCUT2D eigenvalue weighted by Crippen LogP contribution is -2.37. The summed E-state index contributed by atoms with van der Waals surface area (Å²) in [7, 11) is 1.70. The minimum absolute atomic E-state index is 0. The Kier molecular flexibility index (Phi) is 9.38. The first-order valence-corrected chi connectivity index (χ1v) is 8.04. The highest BCUT2D eigenvalue weighted by molar-refractivity contribution is 14.0. The number of nitrogens with one attached hydrogen (secondary N) is 2. The molecular formula is C18H24FIN4. The van der Waals surface area contributed by atoms with Crippen molar-refractivity contribution in [1.82, 2.24) is 10.6 Å². The molecule has 1 aliphatic carbocycles. The Morgan fingerprint density at radius 1 is 1.33 bits per heavy atom. The van der Waals surface area contributed by atoms with E-state index in [2.05, 4.69) is 21.7 Å². The van der Waals surface area contributed by atoms with Gasteiger partial charge in [-0.1, -0.05) is 17.7 Å². The highest BCUT2D eigenvalue weighted by atomic mass is 127. The summed E-state index contributed by atoms with van der Waals surface area (Å²) in [6.45, 7) is 1.15. The van der Waals surface area contributed by atoms with Crippen molar-refractivity contribution in [2.45, 2.75) is 38.6 Å². The number of halogens is 2. The molecule has 0 saturated heterocycles. The smallest absolute Gasteiger partial charge is 0.191 e. The van der Waals surface area contributed by atoms with Gasteiger partial charge in [0, 0.05) is 25.7 Å². The van der Waals surface area contributed by atoms with Crippen molar-refractivity contribution in [2.24, 2.45) is 4.99 Å². The van der Waals surface area contributed by atoms with Crippen molar-refractivity contribution >= 4 is 29.9 Å². The molecule has 0 amide bonds. The van der Waals surface area contributed by atoms with Gasteiger partial charge in [-0.2, -0.15) is 5.26 Å². The van der Waals surface area contributed by atoms with Crippen LogP contribution in [0.2, 0.25) is 0 Å². The molecule has 0 atom stereocenters. The van der Waals surface area contributed by atoms with Crippen LogP contribution in [-0.4, -0.2) is 19.6 Å². The molecular weight excluding hydrogens is 418 g/mol. The third kappa shape index (κ3) is 6.48. The molecule has 0 saturated carbocycles. The molecule has 0 bridgehead atoms. The lowest BCUT2D eigenvalue weighted by atomic mass is 9.97. The number of nitrogens with zero attached hydrogens (tertiary/aromatic N) is 2. The highest BCUT2D eigenvalue weighted by Crippen LogP contribution is 2.19. The summed E-state index contributed by atoms with van der Waals surface area (Å²) in [4.78, 5) is 4.15. The maximum atomic E-state index is 13.8. The first-order chi connectivity index (χ1) is 11.2. The Bertz CT molecular complexity index is 634. The molecule has 0 aromatic heterocycles. The van der Waals surface area contributed by atoms with Crippen molar-refractivity contribution in [2.75, 3.05) is 13.6 Å². The molecule has 0 fully saturated rings. The van der Waals surface area contributed by atoms with E-state index in [9.17, 15) is 4.39 Å². The zero-order valence-electron chi connectivity index (χ0n) is 13.9. The first-order valence-electron chi connectivity index (χ1n) is 8.04. The molecule has 0 unspecified atom stereocenters. The van der Waals surface area contributed by atoms with E-state index in [0.717, 1.165) is 13.0 Å². The molecule has 1 aromatic rings. The standard InChI is InChI=1S/C18H23FN4.HI/c1-21-18(22-10-9-14-5-3-2-4-6-14)23-13-16-8-7-15(12-20)11-17(16)19;/h5,7-8,11H,2-4,6,9-10,13H2,1H3,(H2,21,22,23);1H. The molecule has 24 heavy (non-hydrogen) atoms. The number of hydrogen-bond donors (Lipinski definition) is 2. The number of rotatable bonds is 5. The monoisotopic (exact) mass is 442 g/mol. The van der Waals surface area contributed by atoms with Crippen molar-refractivity contribution in [1.29, 1.82) is 5.26 Å². The van der Waals surface area contributed by atoms with Crippen LogP contribution >= 0.6 is 24.0 Å². The molecule has 1 aliphatic rings. The van der Waals surface area contributed by atoms with Crippen LogP contribution in [0, 0.1) is 17.1 Å². The Labute approximate surface area is 160 Å². The molecule has 0 aliphatic heterocycles. The second-order valence-electron chi connectivity index (χ2n) is 5.63. The first kappa shape index (κ1) is 20.4. The van der Waals surface area contributed by atoms with Gasteiger partial charge in [0.05, 0.1) is 11.6 Å². The Morgan fingerprint density at radius 3 is 2.79 bits per heavy atom. The lowest BCUT2D eigenvalue weighted by Gasteiger charge is -2.15. The zero-order chi connectivity index (χ0) is 16.5.